The van der Waals surface area contributed by atoms with Crippen molar-refractivity contribution in [2.24, 2.45) is 0 Å². The minimum Gasteiger partial charge on any atom is -0.492 e. The van der Waals surface area contributed by atoms with Crippen molar-refractivity contribution in [2.75, 3.05) is 25.1 Å². The maximum atomic E-state index is 12.4. The highest BCUT2D eigenvalue weighted by atomic mass is 35.5. The number of rotatable bonds is 6. The van der Waals surface area contributed by atoms with Gasteiger partial charge >= 0.3 is 5.97 Å². The first-order valence-electron chi connectivity index (χ1n) is 8.82. The van der Waals surface area contributed by atoms with Gasteiger partial charge in [-0.05, 0) is 38.1 Å². The Bertz CT molecular complexity index is 885. The van der Waals surface area contributed by atoms with Crippen LogP contribution in [0.2, 0.25) is 5.02 Å². The van der Waals surface area contributed by atoms with Crippen molar-refractivity contribution in [3.63, 3.8) is 0 Å². The van der Waals surface area contributed by atoms with Crippen LogP contribution in [0.3, 0.4) is 0 Å². The fourth-order valence-corrected chi connectivity index (χ4v) is 2.86. The fourth-order valence-electron chi connectivity index (χ4n) is 2.60. The third kappa shape index (κ3) is 4.48. The van der Waals surface area contributed by atoms with E-state index >= 15 is 0 Å². The van der Waals surface area contributed by atoms with Gasteiger partial charge in [0.15, 0.2) is 17.6 Å². The summed E-state index contributed by atoms with van der Waals surface area (Å²) in [6.45, 7) is 4.54. The number of halogens is 1. The summed E-state index contributed by atoms with van der Waals surface area (Å²) in [6.07, 6.45) is -1.03. The molecule has 0 saturated heterocycles. The molecule has 0 aliphatic carbocycles. The van der Waals surface area contributed by atoms with Gasteiger partial charge in [0.05, 0.1) is 22.9 Å². The average molecular weight is 406 g/mol. The lowest BCUT2D eigenvalue weighted by Crippen LogP contribution is -2.30. The van der Waals surface area contributed by atoms with Crippen LogP contribution >= 0.6 is 11.6 Å². The number of carbonyl (C=O) groups excluding carboxylic acids is 2. The van der Waals surface area contributed by atoms with Gasteiger partial charge in [-0.1, -0.05) is 23.7 Å². The van der Waals surface area contributed by atoms with Crippen molar-refractivity contribution in [2.45, 2.75) is 20.0 Å². The van der Waals surface area contributed by atoms with Crippen molar-refractivity contribution in [1.29, 1.82) is 0 Å². The van der Waals surface area contributed by atoms with E-state index in [0.29, 0.717) is 42.8 Å². The number of para-hydroxylation sites is 2. The van der Waals surface area contributed by atoms with Crippen molar-refractivity contribution in [3.05, 3.63) is 47.0 Å². The molecule has 0 fully saturated rings. The van der Waals surface area contributed by atoms with Crippen LogP contribution in [-0.2, 0) is 9.53 Å². The Morgan fingerprint density at radius 3 is 2.75 bits per heavy atom. The Morgan fingerprint density at radius 1 is 1.21 bits per heavy atom. The summed E-state index contributed by atoms with van der Waals surface area (Å²) in [5, 5.41) is 2.94. The standard InChI is InChI=1S/C20H20ClNO6/c1-3-25-16-7-5-4-6-15(16)22-19(23)12(2)28-20(24)13-10-14(21)18-17(11-13)26-8-9-27-18/h4-7,10-12H,3,8-9H2,1-2H3,(H,22,23)/t12-/m0/s1. The van der Waals surface area contributed by atoms with Gasteiger partial charge in [-0.2, -0.15) is 0 Å². The Hall–Kier alpha value is -2.93. The summed E-state index contributed by atoms with van der Waals surface area (Å²) in [5.74, 6) is 0.121. The maximum absolute atomic E-state index is 12.4. The van der Waals surface area contributed by atoms with Crippen LogP contribution in [0.15, 0.2) is 36.4 Å². The number of amides is 1. The van der Waals surface area contributed by atoms with Gasteiger partial charge in [0.1, 0.15) is 19.0 Å². The van der Waals surface area contributed by atoms with Crippen molar-refractivity contribution in [3.8, 4) is 17.2 Å². The van der Waals surface area contributed by atoms with Gasteiger partial charge < -0.3 is 24.3 Å². The van der Waals surface area contributed by atoms with Crippen LogP contribution < -0.4 is 19.5 Å². The van der Waals surface area contributed by atoms with E-state index in [1.807, 2.05) is 6.92 Å². The monoisotopic (exact) mass is 405 g/mol. The quantitative estimate of drug-likeness (QED) is 0.738. The zero-order valence-electron chi connectivity index (χ0n) is 15.5. The number of benzene rings is 2. The molecule has 0 bridgehead atoms. The second-order valence-electron chi connectivity index (χ2n) is 5.95. The molecule has 3 rings (SSSR count). The first-order chi connectivity index (χ1) is 13.5. The number of esters is 1. The first kappa shape index (κ1) is 19.8. The minimum absolute atomic E-state index is 0.170. The summed E-state index contributed by atoms with van der Waals surface area (Å²) < 4.78 is 21.6. The largest absolute Gasteiger partial charge is 0.492 e. The molecular weight excluding hydrogens is 386 g/mol. The lowest BCUT2D eigenvalue weighted by atomic mass is 10.2. The molecule has 0 radical (unpaired) electrons. The van der Waals surface area contributed by atoms with Crippen molar-refractivity contribution in [1.82, 2.24) is 0 Å². The molecule has 2 aromatic rings. The number of nitrogens with one attached hydrogen (secondary N) is 1. The van der Waals surface area contributed by atoms with Crippen LogP contribution in [0.5, 0.6) is 17.2 Å². The van der Waals surface area contributed by atoms with Crippen LogP contribution in [0.4, 0.5) is 5.69 Å². The van der Waals surface area contributed by atoms with Crippen LogP contribution in [0, 0.1) is 0 Å². The normalized spacial score (nSPS) is 13.4. The highest BCUT2D eigenvalue weighted by molar-refractivity contribution is 6.32. The number of anilines is 1. The Kier molecular flexibility index (Phi) is 6.26. The second-order valence-corrected chi connectivity index (χ2v) is 6.36. The Labute approximate surface area is 167 Å². The molecule has 1 atom stereocenters. The predicted molar refractivity (Wildman–Crippen MR) is 104 cm³/mol. The molecular formula is C20H20ClNO6. The number of fused-ring (bicyclic) bond motifs is 1. The van der Waals surface area contributed by atoms with Crippen LogP contribution in [0.25, 0.3) is 0 Å². The van der Waals surface area contributed by atoms with Crippen molar-refractivity contribution >= 4 is 29.2 Å². The molecule has 0 aromatic heterocycles. The van der Waals surface area contributed by atoms with Crippen LogP contribution in [-0.4, -0.2) is 37.8 Å². The van der Waals surface area contributed by atoms with E-state index in [1.165, 1.54) is 19.1 Å². The minimum atomic E-state index is -1.03. The van der Waals surface area contributed by atoms with Gasteiger partial charge in [-0.3, -0.25) is 4.79 Å². The van der Waals surface area contributed by atoms with E-state index in [4.69, 9.17) is 30.5 Å². The predicted octanol–water partition coefficient (Wildman–Crippen LogP) is 3.69. The molecule has 28 heavy (non-hydrogen) atoms. The van der Waals surface area contributed by atoms with Gasteiger partial charge in [0.2, 0.25) is 0 Å². The summed E-state index contributed by atoms with van der Waals surface area (Å²) in [6, 6.07) is 9.93. The summed E-state index contributed by atoms with van der Waals surface area (Å²) in [4.78, 5) is 24.9. The molecule has 8 heteroatoms. The third-order valence-corrected chi connectivity index (χ3v) is 4.21. The lowest BCUT2D eigenvalue weighted by molar-refractivity contribution is -0.123. The van der Waals surface area contributed by atoms with E-state index < -0.39 is 18.0 Å². The molecule has 1 heterocycles. The zero-order valence-corrected chi connectivity index (χ0v) is 16.2. The molecule has 7 nitrogen and oxygen atoms in total. The van der Waals surface area contributed by atoms with E-state index in [2.05, 4.69) is 5.32 Å². The lowest BCUT2D eigenvalue weighted by Gasteiger charge is -2.20. The van der Waals surface area contributed by atoms with E-state index in [9.17, 15) is 9.59 Å². The SMILES string of the molecule is CCOc1ccccc1NC(=O)[C@H](C)OC(=O)c1cc(Cl)c2c(c1)OCCO2. The third-order valence-electron chi connectivity index (χ3n) is 3.93. The molecule has 1 N–H and O–H groups in total. The zero-order chi connectivity index (χ0) is 20.1. The molecule has 0 saturated carbocycles. The van der Waals surface area contributed by atoms with Gasteiger partial charge in [-0.15, -0.1) is 0 Å². The van der Waals surface area contributed by atoms with E-state index in [1.54, 1.807) is 24.3 Å². The first-order valence-corrected chi connectivity index (χ1v) is 9.20. The summed E-state index contributed by atoms with van der Waals surface area (Å²) in [5.41, 5.74) is 0.670. The maximum Gasteiger partial charge on any atom is 0.339 e. The molecule has 0 spiro atoms. The van der Waals surface area contributed by atoms with Crippen molar-refractivity contribution < 1.29 is 28.5 Å². The smallest absolute Gasteiger partial charge is 0.339 e. The van der Waals surface area contributed by atoms with Gasteiger partial charge in [-0.25, -0.2) is 4.79 Å². The fraction of sp³-hybridized carbons (Fsp3) is 0.300. The highest BCUT2D eigenvalue weighted by Crippen LogP contribution is 2.38. The molecule has 1 amide bonds. The second kappa shape index (κ2) is 8.84. The number of ether oxygens (including phenoxy) is 4. The van der Waals surface area contributed by atoms with Crippen LogP contribution in [0.1, 0.15) is 24.2 Å². The van der Waals surface area contributed by atoms with Gasteiger partial charge in [0, 0.05) is 0 Å². The highest BCUT2D eigenvalue weighted by Gasteiger charge is 2.23. The number of carbonyl (C=O) groups is 2. The molecule has 1 aliphatic heterocycles. The van der Waals surface area contributed by atoms with Gasteiger partial charge in [0.25, 0.3) is 5.91 Å². The summed E-state index contributed by atoms with van der Waals surface area (Å²) >= 11 is 6.14. The Morgan fingerprint density at radius 2 is 1.96 bits per heavy atom. The number of hydrogen-bond donors (Lipinski definition) is 1. The average Bonchev–Trinajstić information content (AvgIpc) is 2.69. The molecule has 1 aliphatic rings. The Balaban J connectivity index is 1.67. The van der Waals surface area contributed by atoms with E-state index in [0.717, 1.165) is 0 Å². The molecule has 148 valence electrons. The summed E-state index contributed by atoms with van der Waals surface area (Å²) in [7, 11) is 0. The topological polar surface area (TPSA) is 83.1 Å². The molecule has 0 unspecified atom stereocenters. The number of hydrogen-bond acceptors (Lipinski definition) is 6. The molecule has 2 aromatic carbocycles. The van der Waals surface area contributed by atoms with E-state index in [-0.39, 0.29) is 10.6 Å².